The Balaban J connectivity index is 2.00. The molecule has 1 aliphatic heterocycles. The highest BCUT2D eigenvalue weighted by Gasteiger charge is 2.22. The number of carbonyl (C=O) groups excluding carboxylic acids is 1. The van der Waals surface area contributed by atoms with E-state index >= 15 is 0 Å². The van der Waals surface area contributed by atoms with Crippen molar-refractivity contribution in [2.24, 2.45) is 0 Å². The van der Waals surface area contributed by atoms with Gasteiger partial charge in [0.2, 0.25) is 11.0 Å². The standard InChI is InChI=1S/C9H13N3O2S/c1-2-7(13)10-9-12-11-8(15-9)6-4-3-5-14-6/h6H,2-5H2,1H3,(H,10,12,13)/t6-/m1/s1. The summed E-state index contributed by atoms with van der Waals surface area (Å²) in [4.78, 5) is 11.1. The maximum absolute atomic E-state index is 11.1. The zero-order valence-electron chi connectivity index (χ0n) is 8.52. The Hall–Kier alpha value is -1.01. The van der Waals surface area contributed by atoms with Crippen molar-refractivity contribution in [1.29, 1.82) is 0 Å². The summed E-state index contributed by atoms with van der Waals surface area (Å²) < 4.78 is 5.48. The van der Waals surface area contributed by atoms with Gasteiger partial charge < -0.3 is 10.1 Å². The number of carbonyl (C=O) groups is 1. The number of hydrogen-bond acceptors (Lipinski definition) is 5. The van der Waals surface area contributed by atoms with E-state index < -0.39 is 0 Å². The van der Waals surface area contributed by atoms with E-state index in [0.29, 0.717) is 11.6 Å². The molecule has 1 saturated heterocycles. The minimum absolute atomic E-state index is 0.0370. The Labute approximate surface area is 91.9 Å². The molecular formula is C9H13N3O2S. The molecule has 1 aromatic heterocycles. The van der Waals surface area contributed by atoms with Gasteiger partial charge >= 0.3 is 0 Å². The highest BCUT2D eigenvalue weighted by atomic mass is 32.1. The number of aromatic nitrogens is 2. The van der Waals surface area contributed by atoms with E-state index in [9.17, 15) is 4.79 Å². The first kappa shape index (κ1) is 10.5. The second-order valence-electron chi connectivity index (χ2n) is 3.35. The van der Waals surface area contributed by atoms with Crippen LogP contribution in [0.2, 0.25) is 0 Å². The van der Waals surface area contributed by atoms with Crippen LogP contribution in [0.25, 0.3) is 0 Å². The molecule has 0 saturated carbocycles. The Morgan fingerprint density at radius 2 is 2.53 bits per heavy atom. The van der Waals surface area contributed by atoms with Gasteiger partial charge in [-0.3, -0.25) is 4.79 Å². The third-order valence-corrected chi connectivity index (χ3v) is 3.14. The van der Waals surface area contributed by atoms with Crippen LogP contribution in [0, 0.1) is 0 Å². The van der Waals surface area contributed by atoms with Crippen molar-refractivity contribution in [3.8, 4) is 0 Å². The predicted octanol–water partition coefficient (Wildman–Crippen LogP) is 1.74. The van der Waals surface area contributed by atoms with E-state index in [1.54, 1.807) is 6.92 Å². The molecule has 2 heterocycles. The Morgan fingerprint density at radius 3 is 3.20 bits per heavy atom. The molecule has 0 bridgehead atoms. The average molecular weight is 227 g/mol. The lowest BCUT2D eigenvalue weighted by Gasteiger charge is -2.02. The molecule has 5 nitrogen and oxygen atoms in total. The van der Waals surface area contributed by atoms with Gasteiger partial charge in [-0.2, -0.15) is 0 Å². The topological polar surface area (TPSA) is 64.1 Å². The van der Waals surface area contributed by atoms with Crippen LogP contribution in [0.15, 0.2) is 0 Å². The quantitative estimate of drug-likeness (QED) is 0.854. The highest BCUT2D eigenvalue weighted by Crippen LogP contribution is 2.31. The monoisotopic (exact) mass is 227 g/mol. The summed E-state index contributed by atoms with van der Waals surface area (Å²) in [5.41, 5.74) is 0. The van der Waals surface area contributed by atoms with Crippen molar-refractivity contribution < 1.29 is 9.53 Å². The summed E-state index contributed by atoms with van der Waals surface area (Å²) in [6.07, 6.45) is 2.60. The number of amides is 1. The maximum atomic E-state index is 11.1. The second kappa shape index (κ2) is 4.67. The minimum Gasteiger partial charge on any atom is -0.371 e. The predicted molar refractivity (Wildman–Crippen MR) is 56.8 cm³/mol. The van der Waals surface area contributed by atoms with Gasteiger partial charge in [0.1, 0.15) is 11.1 Å². The molecule has 1 atom stereocenters. The fourth-order valence-corrected chi connectivity index (χ4v) is 2.24. The van der Waals surface area contributed by atoms with E-state index in [1.807, 2.05) is 0 Å². The first-order chi connectivity index (χ1) is 7.29. The summed E-state index contributed by atoms with van der Waals surface area (Å²) in [7, 11) is 0. The van der Waals surface area contributed by atoms with Gasteiger partial charge in [0, 0.05) is 13.0 Å². The summed E-state index contributed by atoms with van der Waals surface area (Å²) in [6.45, 7) is 2.60. The van der Waals surface area contributed by atoms with Crippen LogP contribution >= 0.6 is 11.3 Å². The zero-order valence-corrected chi connectivity index (χ0v) is 9.34. The summed E-state index contributed by atoms with van der Waals surface area (Å²) in [5, 5.41) is 12.0. The van der Waals surface area contributed by atoms with Crippen molar-refractivity contribution in [1.82, 2.24) is 10.2 Å². The Morgan fingerprint density at radius 1 is 1.67 bits per heavy atom. The molecule has 2 rings (SSSR count). The molecule has 1 aliphatic rings. The van der Waals surface area contributed by atoms with Crippen LogP contribution in [-0.4, -0.2) is 22.7 Å². The molecule has 1 N–H and O–H groups in total. The number of anilines is 1. The zero-order chi connectivity index (χ0) is 10.7. The van der Waals surface area contributed by atoms with Crippen molar-refractivity contribution in [2.45, 2.75) is 32.3 Å². The van der Waals surface area contributed by atoms with E-state index in [-0.39, 0.29) is 12.0 Å². The van der Waals surface area contributed by atoms with Crippen molar-refractivity contribution in [2.75, 3.05) is 11.9 Å². The van der Waals surface area contributed by atoms with Crippen molar-refractivity contribution in [3.05, 3.63) is 5.01 Å². The third kappa shape index (κ3) is 2.51. The van der Waals surface area contributed by atoms with E-state index in [0.717, 1.165) is 24.5 Å². The van der Waals surface area contributed by atoms with Crippen LogP contribution in [0.4, 0.5) is 5.13 Å². The SMILES string of the molecule is CCC(=O)Nc1nnc([C@H]2CCCO2)s1. The van der Waals surface area contributed by atoms with Crippen LogP contribution in [0.1, 0.15) is 37.3 Å². The number of hydrogen-bond donors (Lipinski definition) is 1. The Kier molecular flexibility index (Phi) is 3.27. The van der Waals surface area contributed by atoms with Gasteiger partial charge in [-0.05, 0) is 12.8 Å². The number of nitrogens with zero attached hydrogens (tertiary/aromatic N) is 2. The van der Waals surface area contributed by atoms with Gasteiger partial charge in [-0.1, -0.05) is 18.3 Å². The lowest BCUT2D eigenvalue weighted by Crippen LogP contribution is -2.08. The third-order valence-electron chi connectivity index (χ3n) is 2.21. The molecule has 1 fully saturated rings. The smallest absolute Gasteiger partial charge is 0.225 e. The first-order valence-corrected chi connectivity index (χ1v) is 5.86. The molecule has 0 aromatic carbocycles. The van der Waals surface area contributed by atoms with Crippen LogP contribution < -0.4 is 5.32 Å². The molecule has 1 aromatic rings. The molecule has 0 unspecified atom stereocenters. The van der Waals surface area contributed by atoms with Gasteiger partial charge in [0.05, 0.1) is 0 Å². The fraction of sp³-hybridized carbons (Fsp3) is 0.667. The van der Waals surface area contributed by atoms with E-state index in [4.69, 9.17) is 4.74 Å². The van der Waals surface area contributed by atoms with Crippen molar-refractivity contribution in [3.63, 3.8) is 0 Å². The largest absolute Gasteiger partial charge is 0.371 e. The molecule has 1 amide bonds. The number of ether oxygens (including phenoxy) is 1. The average Bonchev–Trinajstić information content (AvgIpc) is 2.85. The second-order valence-corrected chi connectivity index (χ2v) is 4.36. The highest BCUT2D eigenvalue weighted by molar-refractivity contribution is 7.15. The molecular weight excluding hydrogens is 214 g/mol. The summed E-state index contributed by atoms with van der Waals surface area (Å²) >= 11 is 1.39. The van der Waals surface area contributed by atoms with Crippen molar-refractivity contribution >= 4 is 22.4 Å². The maximum Gasteiger partial charge on any atom is 0.225 e. The van der Waals surface area contributed by atoms with Gasteiger partial charge in [0.15, 0.2) is 0 Å². The molecule has 15 heavy (non-hydrogen) atoms. The normalized spacial score (nSPS) is 20.5. The summed E-state index contributed by atoms with van der Waals surface area (Å²) in [6, 6.07) is 0. The molecule has 0 radical (unpaired) electrons. The lowest BCUT2D eigenvalue weighted by molar-refractivity contribution is -0.115. The lowest BCUT2D eigenvalue weighted by atomic mass is 10.2. The Bertz CT molecular complexity index is 347. The number of nitrogens with one attached hydrogen (secondary N) is 1. The molecule has 0 aliphatic carbocycles. The van der Waals surface area contributed by atoms with Gasteiger partial charge in [0.25, 0.3) is 0 Å². The summed E-state index contributed by atoms with van der Waals surface area (Å²) in [5.74, 6) is -0.0370. The van der Waals surface area contributed by atoms with Crippen LogP contribution in [0.3, 0.4) is 0 Å². The van der Waals surface area contributed by atoms with E-state index in [2.05, 4.69) is 15.5 Å². The van der Waals surface area contributed by atoms with E-state index in [1.165, 1.54) is 11.3 Å². The first-order valence-electron chi connectivity index (χ1n) is 5.04. The van der Waals surface area contributed by atoms with Crippen LogP contribution in [0.5, 0.6) is 0 Å². The molecule has 6 heteroatoms. The van der Waals surface area contributed by atoms with Crippen LogP contribution in [-0.2, 0) is 9.53 Å². The molecule has 82 valence electrons. The number of rotatable bonds is 3. The molecule has 0 spiro atoms. The van der Waals surface area contributed by atoms with Gasteiger partial charge in [-0.25, -0.2) is 0 Å². The fourth-order valence-electron chi connectivity index (χ4n) is 1.40. The van der Waals surface area contributed by atoms with Gasteiger partial charge in [-0.15, -0.1) is 10.2 Å². The minimum atomic E-state index is -0.0370.